The molecule has 0 bridgehead atoms. The van der Waals surface area contributed by atoms with Gasteiger partial charge < -0.3 is 9.64 Å². The van der Waals surface area contributed by atoms with Crippen LogP contribution in [0.25, 0.3) is 0 Å². The van der Waals surface area contributed by atoms with Crippen LogP contribution in [0, 0.1) is 17.7 Å². The number of hydrogen-bond donors (Lipinski definition) is 0. The third-order valence-corrected chi connectivity index (χ3v) is 4.82. The number of carbonyl (C=O) groups is 1. The molecule has 7 heteroatoms. The van der Waals surface area contributed by atoms with Gasteiger partial charge in [-0.1, -0.05) is 30.7 Å². The summed E-state index contributed by atoms with van der Waals surface area (Å²) in [6, 6.07) is 6.39. The van der Waals surface area contributed by atoms with E-state index in [1.807, 2.05) is 11.8 Å². The van der Waals surface area contributed by atoms with E-state index in [-0.39, 0.29) is 29.3 Å². The minimum atomic E-state index is -0.359. The topological polar surface area (TPSA) is 47.4 Å². The molecule has 140 valence electrons. The van der Waals surface area contributed by atoms with Crippen molar-refractivity contribution < 1.29 is 13.9 Å². The van der Waals surface area contributed by atoms with Crippen molar-refractivity contribution in [2.24, 2.45) is 11.8 Å². The van der Waals surface area contributed by atoms with E-state index in [2.05, 4.69) is 5.10 Å². The van der Waals surface area contributed by atoms with Gasteiger partial charge in [0.15, 0.2) is 11.6 Å². The van der Waals surface area contributed by atoms with Crippen molar-refractivity contribution in [3.8, 4) is 5.75 Å². The van der Waals surface area contributed by atoms with E-state index in [9.17, 15) is 9.18 Å². The highest BCUT2D eigenvalue weighted by Crippen LogP contribution is 2.22. The number of amides is 1. The predicted octanol–water partition coefficient (Wildman–Crippen LogP) is 3.63. The van der Waals surface area contributed by atoms with Crippen LogP contribution in [0.4, 0.5) is 4.39 Å². The molecule has 26 heavy (non-hydrogen) atoms. The number of hydrogen-bond acceptors (Lipinski definition) is 3. The molecule has 1 saturated heterocycles. The van der Waals surface area contributed by atoms with Crippen molar-refractivity contribution >= 4 is 17.5 Å². The van der Waals surface area contributed by atoms with Crippen LogP contribution in [0.15, 0.2) is 36.7 Å². The molecule has 2 atom stereocenters. The van der Waals surface area contributed by atoms with Gasteiger partial charge in [0.25, 0.3) is 0 Å². The normalized spacial score (nSPS) is 18.6. The second-order valence-corrected chi connectivity index (χ2v) is 7.25. The Morgan fingerprint density at radius 1 is 1.46 bits per heavy atom. The summed E-state index contributed by atoms with van der Waals surface area (Å²) in [5.74, 6) is 0.0331. The zero-order valence-corrected chi connectivity index (χ0v) is 15.5. The Hall–Kier alpha value is -2.08. The Bertz CT molecular complexity index is 752. The lowest BCUT2D eigenvalue weighted by molar-refractivity contribution is -0.137. The maximum Gasteiger partial charge on any atom is 0.227 e. The number of piperidine rings is 1. The minimum Gasteiger partial charge on any atom is -0.490 e. The van der Waals surface area contributed by atoms with Gasteiger partial charge in [0.2, 0.25) is 5.91 Å². The molecule has 1 aliphatic rings. The quantitative estimate of drug-likeness (QED) is 0.770. The molecule has 2 aromatic rings. The number of likely N-dealkylation sites (tertiary alicyclic amines) is 1. The number of para-hydroxylation sites is 1. The van der Waals surface area contributed by atoms with Gasteiger partial charge in [-0.15, -0.1) is 0 Å². The average molecular weight is 380 g/mol. The molecule has 0 N–H and O–H groups in total. The highest BCUT2D eigenvalue weighted by Gasteiger charge is 2.27. The lowest BCUT2D eigenvalue weighted by atomic mass is 9.97. The summed E-state index contributed by atoms with van der Waals surface area (Å²) >= 11 is 5.87. The predicted molar refractivity (Wildman–Crippen MR) is 97.6 cm³/mol. The summed E-state index contributed by atoms with van der Waals surface area (Å²) in [4.78, 5) is 14.6. The van der Waals surface area contributed by atoms with Gasteiger partial charge in [-0.05, 0) is 25.0 Å². The molecule has 3 rings (SSSR count). The van der Waals surface area contributed by atoms with Crippen molar-refractivity contribution in [1.82, 2.24) is 14.7 Å². The van der Waals surface area contributed by atoms with E-state index in [0.29, 0.717) is 24.7 Å². The summed E-state index contributed by atoms with van der Waals surface area (Å²) in [5, 5.41) is 4.69. The summed E-state index contributed by atoms with van der Waals surface area (Å²) in [6.45, 7) is 4.19. The SMILES string of the molecule is C[C@H](Cn1cc(Cl)cn1)C(=O)N1CCC[C@H](COc2ccccc2F)C1. The molecule has 0 unspecified atom stereocenters. The first-order chi connectivity index (χ1) is 12.5. The second-order valence-electron chi connectivity index (χ2n) is 6.82. The first-order valence-corrected chi connectivity index (χ1v) is 9.25. The largest absolute Gasteiger partial charge is 0.490 e. The standard InChI is InChI=1S/C19H23ClFN3O2/c1-14(10-24-12-16(20)9-22-24)19(25)23-8-4-5-15(11-23)13-26-18-7-3-2-6-17(18)21/h2-3,6-7,9,12,14-15H,4-5,8,10-11,13H2,1H3/t14-,15+/m1/s1. The molecule has 1 fully saturated rings. The van der Waals surface area contributed by atoms with Crippen LogP contribution >= 0.6 is 11.6 Å². The van der Waals surface area contributed by atoms with Crippen molar-refractivity contribution in [3.63, 3.8) is 0 Å². The van der Waals surface area contributed by atoms with Gasteiger partial charge in [0, 0.05) is 25.2 Å². The Kier molecular flexibility index (Phi) is 6.14. The van der Waals surface area contributed by atoms with Crippen molar-refractivity contribution in [2.45, 2.75) is 26.3 Å². The molecule has 1 amide bonds. The number of benzene rings is 1. The fourth-order valence-corrected chi connectivity index (χ4v) is 3.44. The van der Waals surface area contributed by atoms with E-state index in [4.69, 9.17) is 16.3 Å². The Morgan fingerprint density at radius 2 is 2.27 bits per heavy atom. The zero-order chi connectivity index (χ0) is 18.5. The van der Waals surface area contributed by atoms with Gasteiger partial charge in [-0.3, -0.25) is 9.48 Å². The van der Waals surface area contributed by atoms with Crippen LogP contribution in [0.2, 0.25) is 5.02 Å². The maximum atomic E-state index is 13.7. The second kappa shape index (κ2) is 8.54. The van der Waals surface area contributed by atoms with Crippen LogP contribution in [-0.2, 0) is 11.3 Å². The molecular formula is C19H23ClFN3O2. The molecule has 0 aliphatic carbocycles. The van der Waals surface area contributed by atoms with Crippen LogP contribution in [-0.4, -0.2) is 40.3 Å². The molecule has 5 nitrogen and oxygen atoms in total. The Balaban J connectivity index is 1.52. The molecule has 1 aliphatic heterocycles. The Labute approximate surface area is 157 Å². The van der Waals surface area contributed by atoms with Gasteiger partial charge >= 0.3 is 0 Å². The highest BCUT2D eigenvalue weighted by molar-refractivity contribution is 6.30. The third kappa shape index (κ3) is 4.75. The molecule has 1 aromatic carbocycles. The van der Waals surface area contributed by atoms with Crippen molar-refractivity contribution in [3.05, 3.63) is 47.5 Å². The number of carbonyl (C=O) groups excluding carboxylic acids is 1. The van der Waals surface area contributed by atoms with E-state index < -0.39 is 0 Å². The molecular weight excluding hydrogens is 357 g/mol. The summed E-state index contributed by atoms with van der Waals surface area (Å²) < 4.78 is 21.0. The van der Waals surface area contributed by atoms with Crippen LogP contribution in [0.1, 0.15) is 19.8 Å². The first kappa shape index (κ1) is 18.7. The zero-order valence-electron chi connectivity index (χ0n) is 14.8. The number of rotatable bonds is 6. The monoisotopic (exact) mass is 379 g/mol. The third-order valence-electron chi connectivity index (χ3n) is 4.63. The molecule has 1 aromatic heterocycles. The Morgan fingerprint density at radius 3 is 3.00 bits per heavy atom. The molecule has 0 saturated carbocycles. The minimum absolute atomic E-state index is 0.104. The smallest absolute Gasteiger partial charge is 0.227 e. The van der Waals surface area contributed by atoms with Gasteiger partial charge in [0.05, 0.1) is 30.3 Å². The van der Waals surface area contributed by atoms with E-state index in [1.54, 1.807) is 35.3 Å². The van der Waals surface area contributed by atoms with Crippen molar-refractivity contribution in [1.29, 1.82) is 0 Å². The fraction of sp³-hybridized carbons (Fsp3) is 0.474. The van der Waals surface area contributed by atoms with E-state index >= 15 is 0 Å². The van der Waals surface area contributed by atoms with Crippen LogP contribution < -0.4 is 4.74 Å². The lowest BCUT2D eigenvalue weighted by Gasteiger charge is -2.34. The maximum absolute atomic E-state index is 13.7. The number of nitrogens with zero attached hydrogens (tertiary/aromatic N) is 3. The lowest BCUT2D eigenvalue weighted by Crippen LogP contribution is -2.44. The van der Waals surface area contributed by atoms with E-state index in [0.717, 1.165) is 19.4 Å². The number of aromatic nitrogens is 2. The number of halogens is 2. The highest BCUT2D eigenvalue weighted by atomic mass is 35.5. The van der Waals surface area contributed by atoms with Gasteiger partial charge in [-0.2, -0.15) is 5.10 Å². The number of ether oxygens (including phenoxy) is 1. The van der Waals surface area contributed by atoms with Crippen molar-refractivity contribution in [2.75, 3.05) is 19.7 Å². The summed E-state index contributed by atoms with van der Waals surface area (Å²) in [6.07, 6.45) is 5.18. The van der Waals surface area contributed by atoms with Crippen LogP contribution in [0.3, 0.4) is 0 Å². The van der Waals surface area contributed by atoms with Gasteiger partial charge in [0.1, 0.15) is 0 Å². The average Bonchev–Trinajstić information content (AvgIpc) is 3.05. The van der Waals surface area contributed by atoms with Crippen LogP contribution in [0.5, 0.6) is 5.75 Å². The molecule has 0 radical (unpaired) electrons. The molecule has 2 heterocycles. The van der Waals surface area contributed by atoms with Gasteiger partial charge in [-0.25, -0.2) is 4.39 Å². The summed E-state index contributed by atoms with van der Waals surface area (Å²) in [7, 11) is 0. The van der Waals surface area contributed by atoms with E-state index in [1.165, 1.54) is 6.07 Å². The molecule has 0 spiro atoms. The first-order valence-electron chi connectivity index (χ1n) is 8.87. The fourth-order valence-electron chi connectivity index (χ4n) is 3.28. The summed E-state index contributed by atoms with van der Waals surface area (Å²) in [5.41, 5.74) is 0.